The van der Waals surface area contributed by atoms with E-state index in [1.54, 1.807) is 6.07 Å². The van der Waals surface area contributed by atoms with Gasteiger partial charge >= 0.3 is 6.18 Å². The first kappa shape index (κ1) is 17.3. The lowest BCUT2D eigenvalue weighted by Crippen LogP contribution is -2.17. The van der Waals surface area contributed by atoms with Gasteiger partial charge in [0.05, 0.1) is 5.56 Å². The van der Waals surface area contributed by atoms with Gasteiger partial charge in [-0.15, -0.1) is 0 Å². The van der Waals surface area contributed by atoms with Gasteiger partial charge in [0.2, 0.25) is 0 Å². The Morgan fingerprint density at radius 1 is 1.00 bits per heavy atom. The van der Waals surface area contributed by atoms with E-state index in [2.05, 4.69) is 6.92 Å². The monoisotopic (exact) mass is 323 g/mol. The van der Waals surface area contributed by atoms with E-state index < -0.39 is 11.7 Å². The quantitative estimate of drug-likeness (QED) is 0.806. The number of rotatable bonds is 5. The molecule has 0 aliphatic carbocycles. The largest absolute Gasteiger partial charge is 0.457 e. The molecule has 0 aliphatic rings. The Labute approximate surface area is 134 Å². The minimum Gasteiger partial charge on any atom is -0.457 e. The maximum Gasteiger partial charge on any atom is 0.416 e. The summed E-state index contributed by atoms with van der Waals surface area (Å²) in [5.74, 6) is 0.926. The van der Waals surface area contributed by atoms with Gasteiger partial charge in [-0.05, 0) is 55.2 Å². The van der Waals surface area contributed by atoms with Crippen molar-refractivity contribution < 1.29 is 17.9 Å². The minimum absolute atomic E-state index is 0.0815. The van der Waals surface area contributed by atoms with E-state index >= 15 is 0 Å². The third kappa shape index (κ3) is 4.99. The van der Waals surface area contributed by atoms with Crippen LogP contribution in [0, 0.1) is 0 Å². The predicted molar refractivity (Wildman–Crippen MR) is 84.6 cm³/mol. The van der Waals surface area contributed by atoms with Crippen molar-refractivity contribution in [2.75, 3.05) is 0 Å². The maximum absolute atomic E-state index is 12.7. The molecule has 2 N–H and O–H groups in total. The summed E-state index contributed by atoms with van der Waals surface area (Å²) >= 11 is 0. The van der Waals surface area contributed by atoms with Crippen molar-refractivity contribution >= 4 is 0 Å². The number of hydrogen-bond acceptors (Lipinski definition) is 2. The van der Waals surface area contributed by atoms with E-state index in [1.807, 2.05) is 25.1 Å². The van der Waals surface area contributed by atoms with Crippen LogP contribution in [0.1, 0.15) is 37.3 Å². The highest BCUT2D eigenvalue weighted by molar-refractivity contribution is 5.37. The minimum atomic E-state index is -4.38. The molecule has 5 heteroatoms. The number of benzene rings is 2. The lowest BCUT2D eigenvalue weighted by Gasteiger charge is -2.16. The van der Waals surface area contributed by atoms with Crippen LogP contribution < -0.4 is 10.5 Å². The fourth-order valence-corrected chi connectivity index (χ4v) is 2.45. The molecule has 2 rings (SSSR count). The second-order valence-electron chi connectivity index (χ2n) is 5.81. The molecule has 0 amide bonds. The molecular formula is C18H20F3NO. The second kappa shape index (κ2) is 7.04. The molecule has 0 aliphatic heterocycles. The molecule has 2 aromatic rings. The summed E-state index contributed by atoms with van der Waals surface area (Å²) < 4.78 is 43.8. The standard InChI is InChI=1S/C18H20F3NO/c1-12(9-13(2)22)14-5-3-7-16(10-14)23-17-8-4-6-15(11-17)18(19,20)21/h3-8,10-13H,9,22H2,1-2H3. The molecule has 0 spiro atoms. The maximum atomic E-state index is 12.7. The Bertz CT molecular complexity index is 653. The van der Waals surface area contributed by atoms with Crippen LogP contribution in [0.5, 0.6) is 11.5 Å². The molecule has 0 saturated heterocycles. The molecule has 0 fully saturated rings. The van der Waals surface area contributed by atoms with Gasteiger partial charge in [0.15, 0.2) is 0 Å². The van der Waals surface area contributed by atoms with Crippen molar-refractivity contribution in [1.29, 1.82) is 0 Å². The molecule has 124 valence electrons. The van der Waals surface area contributed by atoms with Gasteiger partial charge in [-0.2, -0.15) is 13.2 Å². The normalized spacial score (nSPS) is 14.3. The Morgan fingerprint density at radius 3 is 2.22 bits per heavy atom. The molecule has 2 nitrogen and oxygen atoms in total. The molecule has 0 radical (unpaired) electrons. The van der Waals surface area contributed by atoms with Crippen molar-refractivity contribution in [3.8, 4) is 11.5 Å². The van der Waals surface area contributed by atoms with Gasteiger partial charge in [-0.1, -0.05) is 25.1 Å². The zero-order chi connectivity index (χ0) is 17.0. The smallest absolute Gasteiger partial charge is 0.416 e. The van der Waals surface area contributed by atoms with E-state index in [-0.39, 0.29) is 17.7 Å². The average molecular weight is 323 g/mol. The summed E-state index contributed by atoms with van der Waals surface area (Å²) in [5, 5.41) is 0. The average Bonchev–Trinajstić information content (AvgIpc) is 2.46. The molecule has 2 atom stereocenters. The van der Waals surface area contributed by atoms with Gasteiger partial charge < -0.3 is 10.5 Å². The molecule has 23 heavy (non-hydrogen) atoms. The summed E-state index contributed by atoms with van der Waals surface area (Å²) in [6, 6.07) is 12.3. The Balaban J connectivity index is 2.18. The van der Waals surface area contributed by atoms with Crippen LogP contribution >= 0.6 is 0 Å². The van der Waals surface area contributed by atoms with Crippen LogP contribution in [0.4, 0.5) is 13.2 Å². The summed E-state index contributed by atoms with van der Waals surface area (Å²) in [5.41, 5.74) is 6.13. The van der Waals surface area contributed by atoms with E-state index in [1.165, 1.54) is 12.1 Å². The first-order chi connectivity index (χ1) is 10.8. The molecule has 0 bridgehead atoms. The van der Waals surface area contributed by atoms with Crippen LogP contribution in [0.2, 0.25) is 0 Å². The summed E-state index contributed by atoms with van der Waals surface area (Å²) in [7, 11) is 0. The third-order valence-electron chi connectivity index (χ3n) is 3.55. The number of hydrogen-bond donors (Lipinski definition) is 1. The molecule has 2 unspecified atom stereocenters. The molecule has 0 heterocycles. The lowest BCUT2D eigenvalue weighted by molar-refractivity contribution is -0.137. The fourth-order valence-electron chi connectivity index (χ4n) is 2.45. The van der Waals surface area contributed by atoms with Crippen molar-refractivity contribution in [2.24, 2.45) is 5.73 Å². The van der Waals surface area contributed by atoms with Gasteiger partial charge in [-0.25, -0.2) is 0 Å². The van der Waals surface area contributed by atoms with Crippen molar-refractivity contribution in [3.05, 3.63) is 59.7 Å². The predicted octanol–water partition coefficient (Wildman–Crippen LogP) is 5.34. The Hall–Kier alpha value is -2.01. The second-order valence-corrected chi connectivity index (χ2v) is 5.81. The third-order valence-corrected chi connectivity index (χ3v) is 3.55. The zero-order valence-electron chi connectivity index (χ0n) is 13.1. The number of halogens is 3. The van der Waals surface area contributed by atoms with Gasteiger partial charge in [0.25, 0.3) is 0 Å². The Morgan fingerprint density at radius 2 is 1.61 bits per heavy atom. The summed E-state index contributed by atoms with van der Waals surface area (Å²) in [4.78, 5) is 0. The van der Waals surface area contributed by atoms with Gasteiger partial charge in [0, 0.05) is 6.04 Å². The fraction of sp³-hybridized carbons (Fsp3) is 0.333. The van der Waals surface area contributed by atoms with Crippen molar-refractivity contribution in [2.45, 2.75) is 38.4 Å². The van der Waals surface area contributed by atoms with Crippen molar-refractivity contribution in [3.63, 3.8) is 0 Å². The first-order valence-electron chi connectivity index (χ1n) is 7.46. The molecule has 2 aromatic carbocycles. The Kier molecular flexibility index (Phi) is 5.31. The topological polar surface area (TPSA) is 35.2 Å². The molecule has 0 saturated carbocycles. The van der Waals surface area contributed by atoms with E-state index in [0.29, 0.717) is 5.75 Å². The summed E-state index contributed by atoms with van der Waals surface area (Å²) in [6.07, 6.45) is -3.56. The van der Waals surface area contributed by atoms with E-state index in [9.17, 15) is 13.2 Å². The first-order valence-corrected chi connectivity index (χ1v) is 7.46. The number of alkyl halides is 3. The number of nitrogens with two attached hydrogens (primary N) is 1. The highest BCUT2D eigenvalue weighted by Crippen LogP contribution is 2.33. The lowest BCUT2D eigenvalue weighted by atomic mass is 9.95. The van der Waals surface area contributed by atoms with Crippen LogP contribution in [0.25, 0.3) is 0 Å². The van der Waals surface area contributed by atoms with Crippen LogP contribution in [0.15, 0.2) is 48.5 Å². The molecule has 0 aromatic heterocycles. The van der Waals surface area contributed by atoms with Crippen LogP contribution in [0.3, 0.4) is 0 Å². The highest BCUT2D eigenvalue weighted by atomic mass is 19.4. The zero-order valence-corrected chi connectivity index (χ0v) is 13.1. The van der Waals surface area contributed by atoms with Gasteiger partial charge in [0.1, 0.15) is 11.5 Å². The van der Waals surface area contributed by atoms with Gasteiger partial charge in [-0.3, -0.25) is 0 Å². The van der Waals surface area contributed by atoms with Crippen LogP contribution in [-0.2, 0) is 6.18 Å². The SMILES string of the molecule is CC(N)CC(C)c1cccc(Oc2cccc(C(F)(F)F)c2)c1. The molecular weight excluding hydrogens is 303 g/mol. The van der Waals surface area contributed by atoms with Crippen molar-refractivity contribution in [1.82, 2.24) is 0 Å². The highest BCUT2D eigenvalue weighted by Gasteiger charge is 2.30. The summed E-state index contributed by atoms with van der Waals surface area (Å²) in [6.45, 7) is 4.01. The number of ether oxygens (including phenoxy) is 1. The van der Waals surface area contributed by atoms with E-state index in [0.717, 1.165) is 24.1 Å². The van der Waals surface area contributed by atoms with E-state index in [4.69, 9.17) is 10.5 Å². The van der Waals surface area contributed by atoms with Crippen LogP contribution in [-0.4, -0.2) is 6.04 Å².